The Kier molecular flexibility index (Phi) is 8.57. The third-order valence-electron chi connectivity index (χ3n) is 3.07. The van der Waals surface area contributed by atoms with Crippen molar-refractivity contribution in [2.75, 3.05) is 31.5 Å². The summed E-state index contributed by atoms with van der Waals surface area (Å²) in [5.41, 5.74) is 0.358. The highest BCUT2D eigenvalue weighted by Crippen LogP contribution is 2.31. The molecule has 0 aliphatic carbocycles. The summed E-state index contributed by atoms with van der Waals surface area (Å²) in [6, 6.07) is 6.42. The zero-order valence-electron chi connectivity index (χ0n) is 13.2. The quantitative estimate of drug-likeness (QED) is 0.584. The van der Waals surface area contributed by atoms with E-state index in [0.29, 0.717) is 35.4 Å². The summed E-state index contributed by atoms with van der Waals surface area (Å²) >= 11 is 0.390. The molecule has 1 rings (SSSR count). The summed E-state index contributed by atoms with van der Waals surface area (Å²) in [6.45, 7) is 5.15. The number of nitrogens with one attached hydrogen (secondary N) is 3. The molecule has 1 unspecified atom stereocenters. The van der Waals surface area contributed by atoms with Gasteiger partial charge in [0.15, 0.2) is 13.1 Å². The maximum absolute atomic E-state index is 12.5. The van der Waals surface area contributed by atoms with Crippen molar-refractivity contribution < 1.29 is 23.3 Å². The van der Waals surface area contributed by atoms with Gasteiger partial charge in [-0.05, 0) is 26.0 Å². The molecule has 0 heterocycles. The van der Waals surface area contributed by atoms with Gasteiger partial charge in [0.05, 0.1) is 12.2 Å². The molecule has 1 aromatic carbocycles. The van der Waals surface area contributed by atoms with Crippen LogP contribution in [0.1, 0.15) is 13.8 Å². The van der Waals surface area contributed by atoms with Crippen LogP contribution in [0.25, 0.3) is 0 Å². The molecule has 5 nitrogen and oxygen atoms in total. The summed E-state index contributed by atoms with van der Waals surface area (Å²) < 4.78 is 25.0. The molecule has 1 aromatic rings. The van der Waals surface area contributed by atoms with E-state index >= 15 is 0 Å². The van der Waals surface area contributed by atoms with Crippen molar-refractivity contribution in [1.82, 2.24) is 5.32 Å². The highest BCUT2D eigenvalue weighted by Gasteiger charge is 2.18. The number of thioether (sulfide) groups is 1. The normalized spacial score (nSPS) is 12.0. The van der Waals surface area contributed by atoms with E-state index in [0.717, 1.165) is 4.90 Å². The van der Waals surface area contributed by atoms with Gasteiger partial charge in [0.2, 0.25) is 0 Å². The van der Waals surface area contributed by atoms with Crippen molar-refractivity contribution in [3.8, 4) is 0 Å². The van der Waals surface area contributed by atoms with Crippen LogP contribution in [0.4, 0.5) is 14.5 Å². The lowest BCUT2D eigenvalue weighted by atomic mass is 10.3. The fraction of sp³-hybridized carbons (Fsp3) is 0.467. The number of hydrogen-bond acceptors (Lipinski definition) is 3. The van der Waals surface area contributed by atoms with Gasteiger partial charge >= 0.3 is 0 Å². The highest BCUT2D eigenvalue weighted by molar-refractivity contribution is 7.99. The van der Waals surface area contributed by atoms with Crippen LogP contribution < -0.4 is 15.5 Å². The third-order valence-corrected chi connectivity index (χ3v) is 3.86. The molecule has 0 aromatic heterocycles. The minimum atomic E-state index is -2.55. The second-order valence-corrected chi connectivity index (χ2v) is 5.87. The summed E-state index contributed by atoms with van der Waals surface area (Å²) in [5.74, 6) is -2.98. The minimum absolute atomic E-state index is 0.0985. The number of hydrogen-bond donors (Lipinski definition) is 3. The molecule has 0 bridgehead atoms. The Morgan fingerprint density at radius 1 is 1.17 bits per heavy atom. The molecule has 0 fully saturated rings. The number of halogens is 2. The number of anilines is 1. The molecule has 128 valence electrons. The van der Waals surface area contributed by atoms with Crippen molar-refractivity contribution in [1.29, 1.82) is 0 Å². The van der Waals surface area contributed by atoms with Crippen LogP contribution in [0.5, 0.6) is 0 Å². The van der Waals surface area contributed by atoms with E-state index in [1.54, 1.807) is 18.2 Å². The Hall–Kier alpha value is -1.67. The second-order valence-electron chi connectivity index (χ2n) is 4.83. The van der Waals surface area contributed by atoms with Crippen LogP contribution in [-0.2, 0) is 9.59 Å². The maximum atomic E-state index is 12.5. The molecule has 0 aliphatic rings. The van der Waals surface area contributed by atoms with E-state index in [1.165, 1.54) is 6.07 Å². The fourth-order valence-electron chi connectivity index (χ4n) is 1.99. The maximum Gasteiger partial charge on any atom is 0.288 e. The lowest BCUT2D eigenvalue weighted by Gasteiger charge is -2.17. The predicted octanol–water partition coefficient (Wildman–Crippen LogP) is 0.981. The summed E-state index contributed by atoms with van der Waals surface area (Å²) in [6.07, 6.45) is 0. The first-order valence-electron chi connectivity index (χ1n) is 7.40. The van der Waals surface area contributed by atoms with E-state index in [4.69, 9.17) is 0 Å². The van der Waals surface area contributed by atoms with E-state index < -0.39 is 5.76 Å². The van der Waals surface area contributed by atoms with Gasteiger partial charge in [0.1, 0.15) is 0 Å². The largest absolute Gasteiger partial charge is 0.351 e. The average molecular weight is 346 g/mol. The Morgan fingerprint density at radius 2 is 1.83 bits per heavy atom. The van der Waals surface area contributed by atoms with Crippen LogP contribution in [0.15, 0.2) is 29.2 Å². The average Bonchev–Trinajstić information content (AvgIpc) is 2.48. The van der Waals surface area contributed by atoms with E-state index in [9.17, 15) is 18.4 Å². The van der Waals surface area contributed by atoms with Gasteiger partial charge in [-0.25, -0.2) is 0 Å². The van der Waals surface area contributed by atoms with Crippen molar-refractivity contribution >= 4 is 29.3 Å². The number of carbonyl (C=O) groups excluding carboxylic acids is 2. The SMILES string of the molecule is CCNC(=O)C[NH+](CC)CC(=O)Nc1ccccc1SC(F)F. The molecular weight excluding hydrogens is 324 g/mol. The molecular formula is C15H22F2N3O2S+. The molecule has 0 saturated carbocycles. The number of amides is 2. The molecule has 2 amide bonds. The van der Waals surface area contributed by atoms with Gasteiger partial charge in [-0.1, -0.05) is 23.9 Å². The summed E-state index contributed by atoms with van der Waals surface area (Å²) in [4.78, 5) is 24.8. The fourth-order valence-corrected chi connectivity index (χ4v) is 2.58. The Labute approximate surface area is 138 Å². The van der Waals surface area contributed by atoms with Crippen LogP contribution >= 0.6 is 11.8 Å². The number of likely N-dealkylation sites (N-methyl/N-ethyl adjacent to an activating group) is 2. The molecule has 0 aliphatic heterocycles. The van der Waals surface area contributed by atoms with Gasteiger partial charge in [-0.15, -0.1) is 0 Å². The molecule has 23 heavy (non-hydrogen) atoms. The monoisotopic (exact) mass is 346 g/mol. The lowest BCUT2D eigenvalue weighted by molar-refractivity contribution is -0.881. The Morgan fingerprint density at radius 3 is 2.43 bits per heavy atom. The molecule has 0 spiro atoms. The van der Waals surface area contributed by atoms with Gasteiger partial charge in [-0.3, -0.25) is 9.59 Å². The van der Waals surface area contributed by atoms with E-state index in [-0.39, 0.29) is 24.9 Å². The first kappa shape index (κ1) is 19.4. The Balaban J connectivity index is 2.63. The van der Waals surface area contributed by atoms with E-state index in [1.807, 2.05) is 13.8 Å². The predicted molar refractivity (Wildman–Crippen MR) is 86.9 cm³/mol. The molecule has 1 atom stereocenters. The summed E-state index contributed by atoms with van der Waals surface area (Å²) in [7, 11) is 0. The van der Waals surface area contributed by atoms with Crippen LogP contribution in [0.3, 0.4) is 0 Å². The number of para-hydroxylation sites is 1. The lowest BCUT2D eigenvalue weighted by Crippen LogP contribution is -3.14. The van der Waals surface area contributed by atoms with Gasteiger partial charge in [0.25, 0.3) is 17.6 Å². The number of rotatable bonds is 9. The minimum Gasteiger partial charge on any atom is -0.351 e. The van der Waals surface area contributed by atoms with E-state index in [2.05, 4.69) is 10.6 Å². The zero-order chi connectivity index (χ0) is 17.2. The smallest absolute Gasteiger partial charge is 0.288 e. The van der Waals surface area contributed by atoms with Crippen LogP contribution in [-0.4, -0.2) is 43.8 Å². The van der Waals surface area contributed by atoms with Crippen LogP contribution in [0.2, 0.25) is 0 Å². The second kappa shape index (κ2) is 10.2. The molecule has 3 N–H and O–H groups in total. The van der Waals surface area contributed by atoms with Crippen molar-refractivity contribution in [3.63, 3.8) is 0 Å². The van der Waals surface area contributed by atoms with Crippen LogP contribution in [0, 0.1) is 0 Å². The van der Waals surface area contributed by atoms with Crippen molar-refractivity contribution in [2.45, 2.75) is 24.5 Å². The zero-order valence-corrected chi connectivity index (χ0v) is 14.0. The summed E-state index contributed by atoms with van der Waals surface area (Å²) in [5, 5.41) is 5.33. The molecule has 0 saturated heterocycles. The first-order chi connectivity index (χ1) is 11.0. The number of carbonyl (C=O) groups is 2. The number of quaternary nitrogens is 1. The van der Waals surface area contributed by atoms with Gasteiger partial charge in [0, 0.05) is 11.4 Å². The number of alkyl halides is 2. The Bertz CT molecular complexity index is 529. The molecule has 8 heteroatoms. The standard InChI is InChI=1S/C15H21F2N3O2S/c1-3-18-13(21)9-20(4-2)10-14(22)19-11-7-5-6-8-12(11)23-15(16)17/h5-8,15H,3-4,9-10H2,1-2H3,(H,18,21)(H,19,22)/p+1. The van der Waals surface area contributed by atoms with Gasteiger partial charge in [-0.2, -0.15) is 8.78 Å². The van der Waals surface area contributed by atoms with Gasteiger partial charge < -0.3 is 15.5 Å². The van der Waals surface area contributed by atoms with Crippen molar-refractivity contribution in [2.24, 2.45) is 0 Å². The number of benzene rings is 1. The topological polar surface area (TPSA) is 62.6 Å². The molecule has 0 radical (unpaired) electrons. The van der Waals surface area contributed by atoms with Crippen molar-refractivity contribution in [3.05, 3.63) is 24.3 Å². The first-order valence-corrected chi connectivity index (χ1v) is 8.28. The highest BCUT2D eigenvalue weighted by atomic mass is 32.2. The third kappa shape index (κ3) is 7.43.